The van der Waals surface area contributed by atoms with Gasteiger partial charge in [-0.2, -0.15) is 8.42 Å². The molecule has 0 bridgehead atoms. The average Bonchev–Trinajstić information content (AvgIpc) is 2.45. The van der Waals surface area contributed by atoms with Gasteiger partial charge >= 0.3 is 0 Å². The van der Waals surface area contributed by atoms with Gasteiger partial charge in [0.15, 0.2) is 0 Å². The Morgan fingerprint density at radius 1 is 0.957 bits per heavy atom. The summed E-state index contributed by atoms with van der Waals surface area (Å²) in [5.41, 5.74) is 1.46. The maximum absolute atomic E-state index is 12.6. The molecule has 0 fully saturated rings. The molecule has 0 heterocycles. The highest BCUT2D eigenvalue weighted by atomic mass is 79.9. The zero-order valence-corrected chi connectivity index (χ0v) is 16.1. The van der Waals surface area contributed by atoms with Crippen LogP contribution in [0, 0.1) is 12.3 Å². The van der Waals surface area contributed by atoms with Crippen LogP contribution in [0.1, 0.15) is 38.0 Å². The molecule has 3 nitrogen and oxygen atoms in total. The average molecular weight is 397 g/mol. The van der Waals surface area contributed by atoms with Crippen molar-refractivity contribution in [3.05, 3.63) is 64.1 Å². The van der Waals surface area contributed by atoms with E-state index in [4.69, 9.17) is 4.18 Å². The van der Waals surface area contributed by atoms with Crippen molar-refractivity contribution in [2.75, 3.05) is 0 Å². The highest BCUT2D eigenvalue weighted by molar-refractivity contribution is 9.10. The fourth-order valence-corrected chi connectivity index (χ4v) is 3.72. The molecule has 2 aromatic rings. The van der Waals surface area contributed by atoms with Crippen LogP contribution in [0.4, 0.5) is 0 Å². The molecule has 5 heteroatoms. The van der Waals surface area contributed by atoms with Crippen molar-refractivity contribution in [2.24, 2.45) is 5.41 Å². The summed E-state index contributed by atoms with van der Waals surface area (Å²) in [5.74, 6) is 0. The summed E-state index contributed by atoms with van der Waals surface area (Å²) in [6.45, 7) is 7.80. The molecule has 0 aromatic heterocycles. The number of hydrogen-bond donors (Lipinski definition) is 0. The van der Waals surface area contributed by atoms with Gasteiger partial charge in [0.2, 0.25) is 0 Å². The van der Waals surface area contributed by atoms with Gasteiger partial charge in [-0.1, -0.05) is 66.5 Å². The second kappa shape index (κ2) is 6.75. The SMILES string of the molecule is Cc1ccc(S(=O)(=O)OC(c2ccc(Br)cc2)C(C)(C)C)cc1. The molecule has 1 atom stereocenters. The lowest BCUT2D eigenvalue weighted by Gasteiger charge is -2.30. The maximum Gasteiger partial charge on any atom is 0.297 e. The van der Waals surface area contributed by atoms with Crippen LogP contribution in [-0.2, 0) is 14.3 Å². The molecule has 2 rings (SSSR count). The summed E-state index contributed by atoms with van der Waals surface area (Å²) >= 11 is 3.39. The monoisotopic (exact) mass is 396 g/mol. The van der Waals surface area contributed by atoms with Gasteiger partial charge in [0.05, 0.1) is 4.90 Å². The predicted octanol–water partition coefficient (Wildman–Crippen LogP) is 5.25. The molecule has 1 unspecified atom stereocenters. The summed E-state index contributed by atoms with van der Waals surface area (Å²) in [6, 6.07) is 14.2. The smallest absolute Gasteiger partial charge is 0.258 e. The van der Waals surface area contributed by atoms with Crippen LogP contribution in [0.15, 0.2) is 57.9 Å². The molecule has 0 aliphatic rings. The van der Waals surface area contributed by atoms with E-state index < -0.39 is 16.2 Å². The van der Waals surface area contributed by atoms with Gasteiger partial charge in [0.25, 0.3) is 10.1 Å². The molecule has 0 saturated heterocycles. The fraction of sp³-hybridized carbons (Fsp3) is 0.333. The molecule has 0 spiro atoms. The molecule has 0 N–H and O–H groups in total. The summed E-state index contributed by atoms with van der Waals surface area (Å²) in [4.78, 5) is 0.175. The molecule has 23 heavy (non-hydrogen) atoms. The van der Waals surface area contributed by atoms with Crippen LogP contribution in [0.25, 0.3) is 0 Å². The Balaban J connectivity index is 2.38. The highest BCUT2D eigenvalue weighted by Gasteiger charge is 2.32. The van der Waals surface area contributed by atoms with Crippen molar-refractivity contribution >= 4 is 26.0 Å². The first-order chi connectivity index (χ1) is 10.6. The summed E-state index contributed by atoms with van der Waals surface area (Å²) in [7, 11) is -3.83. The van der Waals surface area contributed by atoms with E-state index >= 15 is 0 Å². The van der Waals surface area contributed by atoms with Crippen LogP contribution in [-0.4, -0.2) is 8.42 Å². The maximum atomic E-state index is 12.6. The van der Waals surface area contributed by atoms with Crippen LogP contribution in [0.5, 0.6) is 0 Å². The van der Waals surface area contributed by atoms with Gasteiger partial charge in [-0.3, -0.25) is 4.18 Å². The summed E-state index contributed by atoms with van der Waals surface area (Å²) in [6.07, 6.45) is -0.568. The molecule has 2 aromatic carbocycles. The van der Waals surface area contributed by atoms with E-state index in [2.05, 4.69) is 15.9 Å². The molecule has 0 radical (unpaired) electrons. The number of aryl methyl sites for hydroxylation is 1. The van der Waals surface area contributed by atoms with Crippen LogP contribution in [0.3, 0.4) is 0 Å². The van der Waals surface area contributed by atoms with E-state index in [0.717, 1.165) is 15.6 Å². The van der Waals surface area contributed by atoms with E-state index in [-0.39, 0.29) is 10.3 Å². The van der Waals surface area contributed by atoms with E-state index in [1.165, 1.54) is 0 Å². The Kier molecular flexibility index (Phi) is 5.33. The molecule has 0 aliphatic carbocycles. The first-order valence-corrected chi connectivity index (χ1v) is 9.55. The van der Waals surface area contributed by atoms with Crippen molar-refractivity contribution < 1.29 is 12.6 Å². The lowest BCUT2D eigenvalue weighted by atomic mass is 9.85. The van der Waals surface area contributed by atoms with Gasteiger partial charge in [0.1, 0.15) is 6.10 Å². The third kappa shape index (κ3) is 4.66. The second-order valence-electron chi connectivity index (χ2n) is 6.66. The molecular formula is C18H21BrO3S. The fourth-order valence-electron chi connectivity index (χ4n) is 2.22. The van der Waals surface area contributed by atoms with Crippen LogP contribution in [0.2, 0.25) is 0 Å². The Bertz CT molecular complexity index is 757. The Hall–Kier alpha value is -1.17. The Morgan fingerprint density at radius 3 is 1.96 bits per heavy atom. The molecule has 0 aliphatic heterocycles. The lowest BCUT2D eigenvalue weighted by Crippen LogP contribution is -2.24. The summed E-state index contributed by atoms with van der Waals surface area (Å²) < 4.78 is 31.8. The number of benzene rings is 2. The lowest BCUT2D eigenvalue weighted by molar-refractivity contribution is 0.0934. The molecule has 0 saturated carbocycles. The normalized spacial score (nSPS) is 13.8. The number of halogens is 1. The molecule has 0 amide bonds. The minimum atomic E-state index is -3.83. The van der Waals surface area contributed by atoms with Crippen molar-refractivity contribution in [1.82, 2.24) is 0 Å². The zero-order valence-electron chi connectivity index (χ0n) is 13.7. The topological polar surface area (TPSA) is 43.4 Å². The van der Waals surface area contributed by atoms with Crippen molar-refractivity contribution in [3.63, 3.8) is 0 Å². The van der Waals surface area contributed by atoms with Crippen LogP contribution < -0.4 is 0 Å². The second-order valence-corrected chi connectivity index (χ2v) is 9.15. The predicted molar refractivity (Wildman–Crippen MR) is 95.8 cm³/mol. The highest BCUT2D eigenvalue weighted by Crippen LogP contribution is 2.38. The standard InChI is InChI=1S/C18H21BrO3S/c1-13-5-11-16(12-6-13)23(20,21)22-17(18(2,3)4)14-7-9-15(19)10-8-14/h5-12,17H,1-4H3. The first kappa shape index (κ1) is 18.2. The molecular weight excluding hydrogens is 376 g/mol. The van der Waals surface area contributed by atoms with Gasteiger partial charge in [0, 0.05) is 4.47 Å². The largest absolute Gasteiger partial charge is 0.297 e. The Morgan fingerprint density at radius 2 is 1.48 bits per heavy atom. The van der Waals surface area contributed by atoms with E-state index in [0.29, 0.717) is 0 Å². The van der Waals surface area contributed by atoms with Crippen molar-refractivity contribution in [2.45, 2.75) is 38.7 Å². The third-order valence-electron chi connectivity index (χ3n) is 3.49. The van der Waals surface area contributed by atoms with E-state index in [1.54, 1.807) is 24.3 Å². The van der Waals surface area contributed by atoms with Gasteiger partial charge in [-0.25, -0.2) is 0 Å². The minimum absolute atomic E-state index is 0.175. The van der Waals surface area contributed by atoms with Crippen molar-refractivity contribution in [3.8, 4) is 0 Å². The first-order valence-electron chi connectivity index (χ1n) is 7.35. The van der Waals surface area contributed by atoms with Gasteiger partial charge < -0.3 is 0 Å². The van der Waals surface area contributed by atoms with Gasteiger partial charge in [-0.05, 0) is 42.2 Å². The molecule has 124 valence electrons. The zero-order chi connectivity index (χ0) is 17.3. The summed E-state index contributed by atoms with van der Waals surface area (Å²) in [5, 5.41) is 0. The van der Waals surface area contributed by atoms with E-state index in [1.807, 2.05) is 52.0 Å². The van der Waals surface area contributed by atoms with Crippen molar-refractivity contribution in [1.29, 1.82) is 0 Å². The van der Waals surface area contributed by atoms with Crippen LogP contribution >= 0.6 is 15.9 Å². The van der Waals surface area contributed by atoms with E-state index in [9.17, 15) is 8.42 Å². The van der Waals surface area contributed by atoms with Gasteiger partial charge in [-0.15, -0.1) is 0 Å². The minimum Gasteiger partial charge on any atom is -0.258 e. The number of rotatable bonds is 4. The Labute approximate surface area is 146 Å². The third-order valence-corrected chi connectivity index (χ3v) is 5.32. The quantitative estimate of drug-likeness (QED) is 0.662. The number of hydrogen-bond acceptors (Lipinski definition) is 3.